The van der Waals surface area contributed by atoms with Crippen molar-refractivity contribution in [1.29, 1.82) is 0 Å². The van der Waals surface area contributed by atoms with Crippen molar-refractivity contribution in [3.8, 4) is 11.3 Å². The second kappa shape index (κ2) is 7.20. The molecule has 0 saturated heterocycles. The SMILES string of the molecule is C=C(NC(=O)C(=C)N1Cc2c(cccc2-c2cnccn2)C1=O)C(=O)OC. The molecule has 0 bridgehead atoms. The van der Waals surface area contributed by atoms with Crippen LogP contribution in [0.4, 0.5) is 0 Å². The number of nitrogens with one attached hydrogen (secondary N) is 1. The van der Waals surface area contributed by atoms with Crippen molar-refractivity contribution in [2.75, 3.05) is 7.11 Å². The Labute approximate surface area is 155 Å². The van der Waals surface area contributed by atoms with Crippen LogP contribution >= 0.6 is 0 Å². The lowest BCUT2D eigenvalue weighted by molar-refractivity contribution is -0.137. The number of rotatable bonds is 5. The summed E-state index contributed by atoms with van der Waals surface area (Å²) in [7, 11) is 1.17. The molecule has 2 amide bonds. The highest BCUT2D eigenvalue weighted by atomic mass is 16.5. The number of hydrogen-bond donors (Lipinski definition) is 1. The lowest BCUT2D eigenvalue weighted by Crippen LogP contribution is -2.36. The third kappa shape index (κ3) is 3.32. The van der Waals surface area contributed by atoms with Gasteiger partial charge in [-0.15, -0.1) is 0 Å². The molecule has 136 valence electrons. The summed E-state index contributed by atoms with van der Waals surface area (Å²) in [5.74, 6) is -1.86. The molecule has 0 saturated carbocycles. The molecular weight excluding hydrogens is 348 g/mol. The van der Waals surface area contributed by atoms with Gasteiger partial charge in [-0.25, -0.2) is 4.79 Å². The lowest BCUT2D eigenvalue weighted by atomic mass is 10.0. The molecule has 0 unspecified atom stereocenters. The molecule has 2 aromatic rings. The minimum atomic E-state index is -0.780. The molecule has 27 heavy (non-hydrogen) atoms. The minimum absolute atomic E-state index is 0.105. The number of methoxy groups -OCH3 is 1. The predicted octanol–water partition coefficient (Wildman–Crippen LogP) is 1.42. The molecular formula is C19H16N4O4. The Hall–Kier alpha value is -3.81. The summed E-state index contributed by atoms with van der Waals surface area (Å²) in [4.78, 5) is 46.0. The Balaban J connectivity index is 1.85. The van der Waals surface area contributed by atoms with Crippen LogP contribution in [0.1, 0.15) is 15.9 Å². The quantitative estimate of drug-likeness (QED) is 0.636. The van der Waals surface area contributed by atoms with Gasteiger partial charge in [0.2, 0.25) is 0 Å². The maximum absolute atomic E-state index is 12.7. The van der Waals surface area contributed by atoms with E-state index >= 15 is 0 Å². The monoisotopic (exact) mass is 364 g/mol. The second-order valence-electron chi connectivity index (χ2n) is 5.68. The molecule has 1 aromatic carbocycles. The highest BCUT2D eigenvalue weighted by Gasteiger charge is 2.33. The highest BCUT2D eigenvalue weighted by Crippen LogP contribution is 2.33. The summed E-state index contributed by atoms with van der Waals surface area (Å²) in [5, 5.41) is 2.28. The molecule has 2 heterocycles. The van der Waals surface area contributed by atoms with Gasteiger partial charge in [0.15, 0.2) is 0 Å². The van der Waals surface area contributed by atoms with Gasteiger partial charge >= 0.3 is 5.97 Å². The number of aromatic nitrogens is 2. The third-order valence-corrected chi connectivity index (χ3v) is 4.09. The van der Waals surface area contributed by atoms with Crippen molar-refractivity contribution in [3.05, 3.63) is 72.5 Å². The first-order valence-electron chi connectivity index (χ1n) is 7.91. The molecule has 0 aliphatic carbocycles. The summed E-state index contributed by atoms with van der Waals surface area (Å²) in [6.07, 6.45) is 4.73. The van der Waals surface area contributed by atoms with Crippen molar-refractivity contribution in [2.24, 2.45) is 0 Å². The largest absolute Gasteiger partial charge is 0.464 e. The first kappa shape index (κ1) is 18.0. The fourth-order valence-corrected chi connectivity index (χ4v) is 2.74. The second-order valence-corrected chi connectivity index (χ2v) is 5.68. The molecule has 0 atom stereocenters. The molecule has 1 aliphatic heterocycles. The van der Waals surface area contributed by atoms with Crippen LogP contribution in [0, 0.1) is 0 Å². The number of fused-ring (bicyclic) bond motifs is 1. The zero-order chi connectivity index (χ0) is 19.6. The van der Waals surface area contributed by atoms with Crippen molar-refractivity contribution >= 4 is 17.8 Å². The van der Waals surface area contributed by atoms with Crippen LogP contribution in [0.2, 0.25) is 0 Å². The Morgan fingerprint density at radius 1 is 1.22 bits per heavy atom. The van der Waals surface area contributed by atoms with Crippen molar-refractivity contribution in [2.45, 2.75) is 6.54 Å². The molecule has 0 fully saturated rings. The fourth-order valence-electron chi connectivity index (χ4n) is 2.74. The average Bonchev–Trinajstić information content (AvgIpc) is 3.04. The number of benzene rings is 1. The summed E-state index contributed by atoms with van der Waals surface area (Å²) >= 11 is 0. The standard InChI is InChI=1S/C19H16N4O4/c1-11(19(26)27-3)22-17(24)12(2)23-10-15-13(16-9-20-7-8-21-16)5-4-6-14(15)18(23)25/h4-9H,1-2,10H2,3H3,(H,22,24). The zero-order valence-corrected chi connectivity index (χ0v) is 14.6. The van der Waals surface area contributed by atoms with Gasteiger partial charge in [-0.3, -0.25) is 24.5 Å². The highest BCUT2D eigenvalue weighted by molar-refractivity contribution is 6.07. The minimum Gasteiger partial charge on any atom is -0.464 e. The van der Waals surface area contributed by atoms with Crippen molar-refractivity contribution < 1.29 is 19.1 Å². The number of hydrogen-bond acceptors (Lipinski definition) is 6. The Morgan fingerprint density at radius 3 is 2.63 bits per heavy atom. The van der Waals surface area contributed by atoms with Gasteiger partial charge < -0.3 is 10.1 Å². The van der Waals surface area contributed by atoms with Gasteiger partial charge in [-0.1, -0.05) is 25.3 Å². The van der Waals surface area contributed by atoms with Gasteiger partial charge in [0.05, 0.1) is 25.5 Å². The summed E-state index contributed by atoms with van der Waals surface area (Å²) in [6, 6.07) is 5.25. The summed E-state index contributed by atoms with van der Waals surface area (Å²) in [6.45, 7) is 7.25. The van der Waals surface area contributed by atoms with Crippen molar-refractivity contribution in [3.63, 3.8) is 0 Å². The van der Waals surface area contributed by atoms with E-state index in [0.717, 1.165) is 11.1 Å². The van der Waals surface area contributed by atoms with E-state index in [9.17, 15) is 14.4 Å². The normalized spacial score (nSPS) is 12.3. The van der Waals surface area contributed by atoms with Crippen molar-refractivity contribution in [1.82, 2.24) is 20.2 Å². The van der Waals surface area contributed by atoms with E-state index in [1.807, 2.05) is 6.07 Å². The molecule has 1 N–H and O–H groups in total. The van der Waals surface area contributed by atoms with E-state index in [4.69, 9.17) is 0 Å². The first-order chi connectivity index (χ1) is 12.9. The van der Waals surface area contributed by atoms with Gasteiger partial charge in [0.25, 0.3) is 11.8 Å². The number of nitrogens with zero attached hydrogens (tertiary/aromatic N) is 3. The van der Waals surface area contributed by atoms with Gasteiger partial charge in [-0.05, 0) is 11.6 Å². The van der Waals surface area contributed by atoms with Gasteiger partial charge in [-0.2, -0.15) is 0 Å². The molecule has 8 nitrogen and oxygen atoms in total. The van der Waals surface area contributed by atoms with Crippen LogP contribution in [0.15, 0.2) is 61.3 Å². The maximum Gasteiger partial charge on any atom is 0.353 e. The van der Waals surface area contributed by atoms with Crippen LogP contribution in [0.5, 0.6) is 0 Å². The van der Waals surface area contributed by atoms with E-state index in [-0.39, 0.29) is 23.8 Å². The summed E-state index contributed by atoms with van der Waals surface area (Å²) in [5.41, 5.74) is 2.21. The average molecular weight is 364 g/mol. The van der Waals surface area contributed by atoms with Crippen LogP contribution in [-0.2, 0) is 20.9 Å². The number of amides is 2. The Bertz CT molecular complexity index is 969. The molecule has 0 radical (unpaired) electrons. The predicted molar refractivity (Wildman–Crippen MR) is 95.8 cm³/mol. The van der Waals surface area contributed by atoms with Gasteiger partial charge in [0, 0.05) is 23.5 Å². The smallest absolute Gasteiger partial charge is 0.353 e. The Kier molecular flexibility index (Phi) is 4.80. The lowest BCUT2D eigenvalue weighted by Gasteiger charge is -2.18. The topological polar surface area (TPSA) is 101 Å². The first-order valence-corrected chi connectivity index (χ1v) is 7.91. The van der Waals surface area contributed by atoms with Crippen LogP contribution in [-0.4, -0.2) is 39.8 Å². The van der Waals surface area contributed by atoms with E-state index in [1.54, 1.807) is 30.7 Å². The summed E-state index contributed by atoms with van der Waals surface area (Å²) < 4.78 is 4.48. The molecule has 8 heteroatoms. The van der Waals surface area contributed by atoms with E-state index in [2.05, 4.69) is 33.2 Å². The third-order valence-electron chi connectivity index (χ3n) is 4.09. The zero-order valence-electron chi connectivity index (χ0n) is 14.6. The van der Waals surface area contributed by atoms with E-state index in [0.29, 0.717) is 11.3 Å². The van der Waals surface area contributed by atoms with Crippen LogP contribution in [0.25, 0.3) is 11.3 Å². The molecule has 3 rings (SSSR count). The van der Waals surface area contributed by atoms with Crippen LogP contribution in [0.3, 0.4) is 0 Å². The Morgan fingerprint density at radius 2 is 1.96 bits per heavy atom. The maximum atomic E-state index is 12.7. The fraction of sp³-hybridized carbons (Fsp3) is 0.105. The number of esters is 1. The molecule has 0 spiro atoms. The molecule has 1 aromatic heterocycles. The number of carbonyl (C=O) groups is 3. The van der Waals surface area contributed by atoms with Gasteiger partial charge in [0.1, 0.15) is 11.4 Å². The number of ether oxygens (including phenoxy) is 1. The van der Waals surface area contributed by atoms with E-state index in [1.165, 1.54) is 12.0 Å². The van der Waals surface area contributed by atoms with E-state index < -0.39 is 11.9 Å². The molecule has 1 aliphatic rings. The number of carbonyl (C=O) groups excluding carboxylic acids is 3. The van der Waals surface area contributed by atoms with Crippen LogP contribution < -0.4 is 5.32 Å².